The summed E-state index contributed by atoms with van der Waals surface area (Å²) < 4.78 is 54.2. The van der Waals surface area contributed by atoms with Gasteiger partial charge in [0.15, 0.2) is 0 Å². The molecule has 0 amide bonds. The minimum absolute atomic E-state index is 0.0140. The zero-order valence-corrected chi connectivity index (χ0v) is 21.0. The Morgan fingerprint density at radius 1 is 0.839 bits per heavy atom. The number of nitriles is 1. The molecule has 0 aliphatic carbocycles. The highest BCUT2D eigenvalue weighted by molar-refractivity contribution is 7.49. The van der Waals surface area contributed by atoms with E-state index in [1.165, 1.54) is 0 Å². The van der Waals surface area contributed by atoms with Crippen molar-refractivity contribution in [3.8, 4) is 6.07 Å². The third-order valence-corrected chi connectivity index (χ3v) is 6.56. The summed E-state index contributed by atoms with van der Waals surface area (Å²) in [5, 5.41) is 8.91. The third-order valence-electron chi connectivity index (χ3n) is 4.29. The molecule has 0 aliphatic rings. The molecule has 0 rings (SSSR count). The molecule has 31 heavy (non-hydrogen) atoms. The lowest BCUT2D eigenvalue weighted by Crippen LogP contribution is -2.43. The van der Waals surface area contributed by atoms with Crippen LogP contribution in [0.15, 0.2) is 0 Å². The second-order valence-electron chi connectivity index (χ2n) is 8.05. The van der Waals surface area contributed by atoms with E-state index in [0.717, 1.165) is 0 Å². The Balaban J connectivity index is 5.58. The maximum Gasteiger partial charge on any atom is 0.134 e. The van der Waals surface area contributed by atoms with E-state index < -0.39 is 13.7 Å². The lowest BCUT2D eigenvalue weighted by atomic mass is 9.92. The molecule has 184 valence electrons. The Morgan fingerprint density at radius 3 is 1.71 bits per heavy atom. The standard InChI is InChI=1S/C23H47N2O5P/c1-8-12-26-16-23(17-27-13-9-2,18-28-14-10-3)19-30-31(20-29-15-11-24)25(21(4)5)22(6)7/h21-22H,8-10,12-20H2,1-7H3/i1D,2D,3D. The smallest absolute Gasteiger partial charge is 0.134 e. The Kier molecular flexibility index (Phi) is 15.7. The maximum absolute atomic E-state index is 8.91. The first-order chi connectivity index (χ1) is 16.4. The number of ether oxygens (including phenoxy) is 4. The van der Waals surface area contributed by atoms with Gasteiger partial charge in [-0.1, -0.05) is 20.7 Å². The Morgan fingerprint density at radius 2 is 1.32 bits per heavy atom. The van der Waals surface area contributed by atoms with Gasteiger partial charge < -0.3 is 23.5 Å². The first-order valence-corrected chi connectivity index (χ1v) is 12.5. The molecule has 0 saturated carbocycles. The van der Waals surface area contributed by atoms with E-state index in [2.05, 4.69) is 32.4 Å². The van der Waals surface area contributed by atoms with Crippen LogP contribution in [-0.2, 0) is 23.5 Å². The minimum Gasteiger partial charge on any atom is -0.381 e. The lowest BCUT2D eigenvalue weighted by molar-refractivity contribution is -0.0881. The summed E-state index contributed by atoms with van der Waals surface area (Å²) in [5.41, 5.74) is -0.568. The number of hydrogen-bond acceptors (Lipinski definition) is 7. The van der Waals surface area contributed by atoms with E-state index in [1.807, 2.05) is 6.07 Å². The second-order valence-corrected chi connectivity index (χ2v) is 9.73. The van der Waals surface area contributed by atoms with E-state index in [0.29, 0.717) is 92.6 Å². The van der Waals surface area contributed by atoms with Crippen molar-refractivity contribution in [1.82, 2.24) is 4.67 Å². The summed E-state index contributed by atoms with van der Waals surface area (Å²) in [6, 6.07) is 2.49. The average Bonchev–Trinajstić information content (AvgIpc) is 2.80. The van der Waals surface area contributed by atoms with Crippen molar-refractivity contribution in [1.29, 1.82) is 5.26 Å². The van der Waals surface area contributed by atoms with Crippen molar-refractivity contribution in [2.45, 2.75) is 79.7 Å². The fraction of sp³-hybridized carbons (Fsp3) is 0.957. The zero-order valence-electron chi connectivity index (χ0n) is 23.1. The summed E-state index contributed by atoms with van der Waals surface area (Å²) in [7, 11) is -1.14. The molecular weight excluding hydrogens is 415 g/mol. The van der Waals surface area contributed by atoms with Gasteiger partial charge >= 0.3 is 0 Å². The monoisotopic (exact) mass is 465 g/mol. The highest BCUT2D eigenvalue weighted by Crippen LogP contribution is 2.46. The quantitative estimate of drug-likeness (QED) is 0.170. The largest absolute Gasteiger partial charge is 0.381 e. The van der Waals surface area contributed by atoms with Gasteiger partial charge in [0.25, 0.3) is 0 Å². The average molecular weight is 466 g/mol. The molecular formula is C23H47N2O5P. The van der Waals surface area contributed by atoms with Crippen LogP contribution >= 0.6 is 8.30 Å². The molecule has 0 bridgehead atoms. The summed E-state index contributed by atoms with van der Waals surface area (Å²) in [6.07, 6.45) is 2.28. The van der Waals surface area contributed by atoms with Gasteiger partial charge in [0.05, 0.1) is 37.9 Å². The molecule has 0 radical (unpaired) electrons. The van der Waals surface area contributed by atoms with Crippen LogP contribution in [0.2, 0.25) is 0 Å². The fourth-order valence-electron chi connectivity index (χ4n) is 3.09. The number of rotatable bonds is 21. The summed E-state index contributed by atoms with van der Waals surface area (Å²) >= 11 is 0. The van der Waals surface area contributed by atoms with E-state index in [1.54, 1.807) is 0 Å². The van der Waals surface area contributed by atoms with Crippen molar-refractivity contribution in [3.05, 3.63) is 0 Å². The van der Waals surface area contributed by atoms with Crippen molar-refractivity contribution in [3.63, 3.8) is 0 Å². The predicted molar refractivity (Wildman–Crippen MR) is 127 cm³/mol. The molecule has 0 spiro atoms. The maximum atomic E-state index is 8.91. The van der Waals surface area contributed by atoms with Crippen LogP contribution in [-0.4, -0.2) is 76.0 Å². The molecule has 7 nitrogen and oxygen atoms in total. The molecule has 0 N–H and O–H groups in total. The summed E-state index contributed by atoms with van der Waals surface area (Å²) in [6.45, 7) is 12.3. The Hall–Kier alpha value is -0.320. The second kappa shape index (κ2) is 19.2. The highest BCUT2D eigenvalue weighted by Gasteiger charge is 2.35. The van der Waals surface area contributed by atoms with Gasteiger partial charge in [-0.05, 0) is 47.0 Å². The first kappa shape index (κ1) is 25.3. The van der Waals surface area contributed by atoms with Crippen LogP contribution in [0.5, 0.6) is 0 Å². The summed E-state index contributed by atoms with van der Waals surface area (Å²) in [5.74, 6) is 0. The van der Waals surface area contributed by atoms with Gasteiger partial charge in [0.2, 0.25) is 0 Å². The third kappa shape index (κ3) is 13.7. The lowest BCUT2D eigenvalue weighted by Gasteiger charge is -2.40. The van der Waals surface area contributed by atoms with Gasteiger partial charge in [-0.3, -0.25) is 4.67 Å². The first-order valence-electron chi connectivity index (χ1n) is 13.2. The van der Waals surface area contributed by atoms with Gasteiger partial charge in [-0.2, -0.15) is 5.26 Å². The molecule has 0 saturated heterocycles. The van der Waals surface area contributed by atoms with Crippen molar-refractivity contribution >= 4 is 8.30 Å². The molecule has 8 heteroatoms. The van der Waals surface area contributed by atoms with E-state index in [4.69, 9.17) is 32.8 Å². The zero-order chi connectivity index (χ0) is 25.7. The van der Waals surface area contributed by atoms with Crippen LogP contribution < -0.4 is 0 Å². The Labute approximate surface area is 196 Å². The summed E-state index contributed by atoms with van der Waals surface area (Å²) in [4.78, 5) is 0. The van der Waals surface area contributed by atoms with Crippen LogP contribution in [0.1, 0.15) is 71.8 Å². The van der Waals surface area contributed by atoms with Gasteiger partial charge in [-0.25, -0.2) is 0 Å². The van der Waals surface area contributed by atoms with Gasteiger partial charge in [-0.15, -0.1) is 0 Å². The van der Waals surface area contributed by atoms with E-state index >= 15 is 0 Å². The topological polar surface area (TPSA) is 73.2 Å². The van der Waals surface area contributed by atoms with Crippen molar-refractivity contribution in [2.24, 2.45) is 5.41 Å². The molecule has 1 unspecified atom stereocenters. The van der Waals surface area contributed by atoms with Crippen LogP contribution in [0.4, 0.5) is 0 Å². The van der Waals surface area contributed by atoms with E-state index in [9.17, 15) is 0 Å². The molecule has 0 aromatic heterocycles. The van der Waals surface area contributed by atoms with Crippen molar-refractivity contribution < 1.29 is 27.6 Å². The molecule has 0 aromatic carbocycles. The van der Waals surface area contributed by atoms with Crippen LogP contribution in [0, 0.1) is 16.7 Å². The predicted octanol–water partition coefficient (Wildman–Crippen LogP) is 5.20. The molecule has 0 aliphatic heterocycles. The van der Waals surface area contributed by atoms with Gasteiger partial charge in [0.1, 0.15) is 21.3 Å². The molecule has 0 fully saturated rings. The Bertz CT molecular complexity index is 476. The van der Waals surface area contributed by atoms with Gasteiger partial charge in [0, 0.05) is 36.0 Å². The van der Waals surface area contributed by atoms with E-state index in [-0.39, 0.29) is 18.7 Å². The fourth-order valence-corrected chi connectivity index (χ4v) is 5.13. The molecule has 1 atom stereocenters. The SMILES string of the molecule is [2H]CCCOCC(COCCC[2H])(COCCC[2H])COP(COCC#N)N(C(C)C)C(C)C. The minimum atomic E-state index is -1.14. The molecule has 0 aromatic rings. The van der Waals surface area contributed by atoms with Crippen LogP contribution in [0.3, 0.4) is 0 Å². The number of nitrogens with zero attached hydrogens (tertiary/aromatic N) is 2. The number of hydrogen-bond donors (Lipinski definition) is 0. The van der Waals surface area contributed by atoms with Crippen molar-refractivity contribution in [2.75, 3.05) is 59.2 Å². The molecule has 0 heterocycles. The highest BCUT2D eigenvalue weighted by atomic mass is 31.2. The normalized spacial score (nSPS) is 14.6. The van der Waals surface area contributed by atoms with Crippen LogP contribution in [0.25, 0.3) is 0 Å².